The van der Waals surface area contributed by atoms with Crippen molar-refractivity contribution in [2.24, 2.45) is 7.05 Å². The Hall–Kier alpha value is -1.86. The number of ether oxygens (including phenoxy) is 1. The minimum absolute atomic E-state index is 0.172. The van der Waals surface area contributed by atoms with Gasteiger partial charge in [0.15, 0.2) is 0 Å². The Morgan fingerprint density at radius 2 is 2.00 bits per heavy atom. The van der Waals surface area contributed by atoms with Crippen molar-refractivity contribution >= 4 is 10.0 Å². The predicted octanol–water partition coefficient (Wildman–Crippen LogP) is 3.28. The maximum Gasteiger partial charge on any atom is 0.247 e. The zero-order chi connectivity index (χ0) is 19.6. The number of hydrogen-bond donors (Lipinski definition) is 0. The Kier molecular flexibility index (Phi) is 4.16. The van der Waals surface area contributed by atoms with Gasteiger partial charge in [-0.05, 0) is 52.2 Å². The largest absolute Gasteiger partial charge is 0.486 e. The second kappa shape index (κ2) is 6.07. The van der Waals surface area contributed by atoms with E-state index in [2.05, 4.69) is 5.10 Å². The van der Waals surface area contributed by atoms with E-state index in [0.29, 0.717) is 12.3 Å². The molecule has 0 spiro atoms. The standard InChI is InChI=1S/C20H27N3O3S/c1-13-18(14(2)22(5)21-13)16-9-7-11-23(16)27(24,25)17-10-6-8-15-12-20(3,4)26-19(15)17/h6,8,10,16H,7,9,11-12H2,1-5H3. The molecular formula is C20H27N3O3S. The van der Waals surface area contributed by atoms with Gasteiger partial charge in [-0.25, -0.2) is 8.42 Å². The molecule has 0 aliphatic carbocycles. The number of fused-ring (bicyclic) bond motifs is 1. The van der Waals surface area contributed by atoms with Crippen LogP contribution in [-0.4, -0.2) is 34.6 Å². The van der Waals surface area contributed by atoms with E-state index in [-0.39, 0.29) is 16.5 Å². The fourth-order valence-corrected chi connectivity index (χ4v) is 6.33. The normalized spacial score (nSPS) is 22.0. The van der Waals surface area contributed by atoms with Crippen molar-refractivity contribution in [1.82, 2.24) is 14.1 Å². The Labute approximate surface area is 161 Å². The lowest BCUT2D eigenvalue weighted by molar-refractivity contribution is 0.134. The summed E-state index contributed by atoms with van der Waals surface area (Å²) < 4.78 is 36.8. The summed E-state index contributed by atoms with van der Waals surface area (Å²) in [5.41, 5.74) is 3.54. The highest BCUT2D eigenvalue weighted by Gasteiger charge is 2.42. The van der Waals surface area contributed by atoms with E-state index in [1.807, 2.05) is 51.6 Å². The van der Waals surface area contributed by atoms with E-state index in [0.717, 1.165) is 41.8 Å². The van der Waals surface area contributed by atoms with Crippen molar-refractivity contribution in [3.8, 4) is 5.75 Å². The van der Waals surface area contributed by atoms with Crippen molar-refractivity contribution in [2.45, 2.75) is 63.5 Å². The van der Waals surface area contributed by atoms with Crippen LogP contribution in [0.3, 0.4) is 0 Å². The van der Waals surface area contributed by atoms with Crippen molar-refractivity contribution in [2.75, 3.05) is 6.54 Å². The Balaban J connectivity index is 1.78. The van der Waals surface area contributed by atoms with E-state index in [4.69, 9.17) is 4.74 Å². The van der Waals surface area contributed by atoms with Crippen LogP contribution in [0.5, 0.6) is 5.75 Å². The first-order valence-corrected chi connectivity index (χ1v) is 10.9. The van der Waals surface area contributed by atoms with Gasteiger partial charge in [-0.1, -0.05) is 12.1 Å². The third kappa shape index (κ3) is 2.88. The molecule has 1 atom stereocenters. The van der Waals surface area contributed by atoms with Crippen LogP contribution >= 0.6 is 0 Å². The van der Waals surface area contributed by atoms with Crippen LogP contribution in [0, 0.1) is 13.8 Å². The number of para-hydroxylation sites is 1. The average molecular weight is 390 g/mol. The summed E-state index contributed by atoms with van der Waals surface area (Å²) in [5.74, 6) is 0.521. The summed E-state index contributed by atoms with van der Waals surface area (Å²) in [7, 11) is -1.76. The number of aryl methyl sites for hydroxylation is 2. The monoisotopic (exact) mass is 389 g/mol. The van der Waals surface area contributed by atoms with Gasteiger partial charge in [0.25, 0.3) is 0 Å². The van der Waals surface area contributed by atoms with Crippen LogP contribution in [-0.2, 0) is 23.5 Å². The Morgan fingerprint density at radius 1 is 1.26 bits per heavy atom. The first-order chi connectivity index (χ1) is 12.6. The summed E-state index contributed by atoms with van der Waals surface area (Å²) in [4.78, 5) is 0.289. The molecule has 2 aliphatic heterocycles. The van der Waals surface area contributed by atoms with Gasteiger partial charge in [0.2, 0.25) is 10.0 Å². The lowest BCUT2D eigenvalue weighted by Gasteiger charge is -2.26. The number of aromatic nitrogens is 2. The number of benzene rings is 1. The topological polar surface area (TPSA) is 64.4 Å². The fourth-order valence-electron chi connectivity index (χ4n) is 4.51. The molecule has 3 heterocycles. The molecule has 27 heavy (non-hydrogen) atoms. The summed E-state index contributed by atoms with van der Waals surface area (Å²) in [6.07, 6.45) is 2.38. The molecule has 1 saturated heterocycles. The van der Waals surface area contributed by atoms with Crippen molar-refractivity contribution < 1.29 is 13.2 Å². The lowest BCUT2D eigenvalue weighted by Crippen LogP contribution is -2.32. The van der Waals surface area contributed by atoms with Crippen LogP contribution < -0.4 is 4.74 Å². The third-order valence-electron chi connectivity index (χ3n) is 5.74. The minimum atomic E-state index is -3.66. The first-order valence-electron chi connectivity index (χ1n) is 9.45. The van der Waals surface area contributed by atoms with Gasteiger partial charge in [-0.2, -0.15) is 9.40 Å². The van der Waals surface area contributed by atoms with Crippen LogP contribution in [0.1, 0.15) is 55.2 Å². The highest BCUT2D eigenvalue weighted by molar-refractivity contribution is 7.89. The second-order valence-corrected chi connectivity index (χ2v) is 10.1. The van der Waals surface area contributed by atoms with Gasteiger partial charge >= 0.3 is 0 Å². The quantitative estimate of drug-likeness (QED) is 0.808. The molecule has 4 rings (SSSR count). The number of hydrogen-bond acceptors (Lipinski definition) is 4. The van der Waals surface area contributed by atoms with Gasteiger partial charge in [-0.15, -0.1) is 0 Å². The van der Waals surface area contributed by atoms with Crippen molar-refractivity contribution in [3.05, 3.63) is 40.7 Å². The fraction of sp³-hybridized carbons (Fsp3) is 0.550. The summed E-state index contributed by atoms with van der Waals surface area (Å²) in [6.45, 7) is 8.46. The van der Waals surface area contributed by atoms with Gasteiger partial charge in [0.1, 0.15) is 16.2 Å². The smallest absolute Gasteiger partial charge is 0.247 e. The van der Waals surface area contributed by atoms with E-state index in [1.165, 1.54) is 0 Å². The lowest BCUT2D eigenvalue weighted by atomic mass is 10.0. The molecule has 1 unspecified atom stereocenters. The summed E-state index contributed by atoms with van der Waals surface area (Å²) in [5, 5.41) is 4.49. The first kappa shape index (κ1) is 18.5. The number of rotatable bonds is 3. The van der Waals surface area contributed by atoms with Crippen LogP contribution in [0.15, 0.2) is 23.1 Å². The van der Waals surface area contributed by atoms with E-state index in [1.54, 1.807) is 10.4 Å². The Bertz CT molecular complexity index is 1010. The molecule has 1 aromatic carbocycles. The van der Waals surface area contributed by atoms with Crippen LogP contribution in [0.4, 0.5) is 0 Å². The molecule has 0 saturated carbocycles. The summed E-state index contributed by atoms with van der Waals surface area (Å²) in [6, 6.07) is 5.28. The highest BCUT2D eigenvalue weighted by Crippen LogP contribution is 2.44. The molecule has 0 bridgehead atoms. The van der Waals surface area contributed by atoms with E-state index < -0.39 is 10.0 Å². The van der Waals surface area contributed by atoms with E-state index >= 15 is 0 Å². The number of sulfonamides is 1. The molecule has 2 aliphatic rings. The molecule has 6 nitrogen and oxygen atoms in total. The molecule has 1 aromatic heterocycles. The van der Waals surface area contributed by atoms with Crippen LogP contribution in [0.2, 0.25) is 0 Å². The van der Waals surface area contributed by atoms with Gasteiger partial charge in [-0.3, -0.25) is 4.68 Å². The minimum Gasteiger partial charge on any atom is -0.486 e. The zero-order valence-electron chi connectivity index (χ0n) is 16.6. The average Bonchev–Trinajstić information content (AvgIpc) is 3.22. The van der Waals surface area contributed by atoms with Crippen LogP contribution in [0.25, 0.3) is 0 Å². The molecule has 146 valence electrons. The highest BCUT2D eigenvalue weighted by atomic mass is 32.2. The maximum absolute atomic E-state index is 13.6. The molecule has 1 fully saturated rings. The molecule has 0 N–H and O–H groups in total. The second-order valence-electron chi connectivity index (χ2n) is 8.26. The molecule has 0 radical (unpaired) electrons. The molecule has 0 amide bonds. The van der Waals surface area contributed by atoms with Crippen molar-refractivity contribution in [3.63, 3.8) is 0 Å². The molecular weight excluding hydrogens is 362 g/mol. The van der Waals surface area contributed by atoms with E-state index in [9.17, 15) is 8.42 Å². The SMILES string of the molecule is Cc1nn(C)c(C)c1C1CCCN1S(=O)(=O)c1cccc2c1OC(C)(C)C2. The van der Waals surface area contributed by atoms with Gasteiger partial charge in [0, 0.05) is 31.3 Å². The van der Waals surface area contributed by atoms with Crippen molar-refractivity contribution in [1.29, 1.82) is 0 Å². The predicted molar refractivity (Wildman–Crippen MR) is 103 cm³/mol. The zero-order valence-corrected chi connectivity index (χ0v) is 17.4. The maximum atomic E-state index is 13.6. The molecule has 7 heteroatoms. The van der Waals surface area contributed by atoms with Gasteiger partial charge < -0.3 is 4.74 Å². The summed E-state index contributed by atoms with van der Waals surface area (Å²) >= 11 is 0. The molecule has 2 aromatic rings. The number of nitrogens with zero attached hydrogens (tertiary/aromatic N) is 3. The third-order valence-corrected chi connectivity index (χ3v) is 7.68. The Morgan fingerprint density at radius 3 is 2.67 bits per heavy atom. The van der Waals surface area contributed by atoms with Gasteiger partial charge in [0.05, 0.1) is 11.7 Å².